The minimum absolute atomic E-state index is 0.0283. The molecule has 0 unspecified atom stereocenters. The van der Waals surface area contributed by atoms with Gasteiger partial charge in [-0.05, 0) is 18.6 Å². The molecule has 0 amide bonds. The van der Waals surface area contributed by atoms with Gasteiger partial charge in [0.25, 0.3) is 0 Å². The largest absolute Gasteiger partial charge is 0.460 e. The molecule has 0 aliphatic rings. The van der Waals surface area contributed by atoms with Crippen LogP contribution in [0.25, 0.3) is 0 Å². The first-order valence-electron chi connectivity index (χ1n) is 4.68. The predicted octanol–water partition coefficient (Wildman–Crippen LogP) is 1.64. The fraction of sp³-hybridized carbons (Fsp3) is 0.273. The number of carbonyl (C=O) groups excluding carboxylic acids is 2. The maximum Gasteiger partial charge on any atom is 0.374 e. The molecule has 1 aromatic carbocycles. The molecule has 0 saturated carbocycles. The third-order valence-corrected chi connectivity index (χ3v) is 1.87. The molecule has 0 spiro atoms. The van der Waals surface area contributed by atoms with Crippen LogP contribution in [0.3, 0.4) is 0 Å². The Labute approximate surface area is 91.0 Å². The van der Waals surface area contributed by atoms with Crippen LogP contribution >= 0.6 is 0 Å². The lowest BCUT2D eigenvalue weighted by molar-refractivity contribution is -0.153. The Balaban J connectivity index is 2.73. The summed E-state index contributed by atoms with van der Waals surface area (Å²) in [7, 11) is 0. The molecule has 0 fully saturated rings. The molecule has 16 heavy (non-hydrogen) atoms. The number of esters is 1. The Morgan fingerprint density at radius 1 is 1.31 bits per heavy atom. The fourth-order valence-corrected chi connectivity index (χ4v) is 1.12. The topological polar surface area (TPSA) is 43.4 Å². The van der Waals surface area contributed by atoms with Gasteiger partial charge in [-0.15, -0.1) is 0 Å². The molecule has 0 radical (unpaired) electrons. The minimum Gasteiger partial charge on any atom is -0.460 e. The monoisotopic (exact) mass is 228 g/mol. The summed E-state index contributed by atoms with van der Waals surface area (Å²) in [5, 5.41) is 0. The van der Waals surface area contributed by atoms with Crippen LogP contribution in [0.15, 0.2) is 18.2 Å². The first-order valence-corrected chi connectivity index (χ1v) is 4.68. The zero-order valence-electron chi connectivity index (χ0n) is 8.63. The standard InChI is InChI=1S/C11H10F2O3/c1-2-16-11(15)10(14)5-7-3-4-8(12)6-9(7)13/h3-4,6H,2,5H2,1H3. The maximum atomic E-state index is 13.1. The van der Waals surface area contributed by atoms with E-state index in [1.807, 2.05) is 0 Å². The zero-order valence-corrected chi connectivity index (χ0v) is 8.63. The Bertz CT molecular complexity index is 416. The van der Waals surface area contributed by atoms with Gasteiger partial charge in [-0.2, -0.15) is 0 Å². The number of rotatable bonds is 4. The molecule has 0 bridgehead atoms. The summed E-state index contributed by atoms with van der Waals surface area (Å²) in [4.78, 5) is 22.2. The summed E-state index contributed by atoms with van der Waals surface area (Å²) in [5.41, 5.74) is -0.0283. The molecular formula is C11H10F2O3. The minimum atomic E-state index is -1.01. The Morgan fingerprint density at radius 3 is 2.56 bits per heavy atom. The predicted molar refractivity (Wildman–Crippen MR) is 51.7 cm³/mol. The molecule has 5 heteroatoms. The second-order valence-corrected chi connectivity index (χ2v) is 3.06. The van der Waals surface area contributed by atoms with Crippen molar-refractivity contribution in [1.82, 2.24) is 0 Å². The molecule has 0 N–H and O–H groups in total. The van der Waals surface area contributed by atoms with Gasteiger partial charge in [-0.25, -0.2) is 13.6 Å². The van der Waals surface area contributed by atoms with Crippen molar-refractivity contribution < 1.29 is 23.1 Å². The number of halogens is 2. The molecule has 0 aromatic heterocycles. The van der Waals surface area contributed by atoms with Crippen LogP contribution in [-0.2, 0) is 20.7 Å². The van der Waals surface area contributed by atoms with E-state index in [4.69, 9.17) is 0 Å². The molecular weight excluding hydrogens is 218 g/mol. The van der Waals surface area contributed by atoms with E-state index in [9.17, 15) is 18.4 Å². The lowest BCUT2D eigenvalue weighted by atomic mass is 10.1. The molecule has 0 saturated heterocycles. The van der Waals surface area contributed by atoms with Crippen molar-refractivity contribution in [3.63, 3.8) is 0 Å². The fourth-order valence-electron chi connectivity index (χ4n) is 1.12. The number of hydrogen-bond donors (Lipinski definition) is 0. The van der Waals surface area contributed by atoms with Crippen molar-refractivity contribution in [1.29, 1.82) is 0 Å². The van der Waals surface area contributed by atoms with Gasteiger partial charge in [-0.3, -0.25) is 4.79 Å². The number of hydrogen-bond acceptors (Lipinski definition) is 3. The van der Waals surface area contributed by atoms with E-state index in [2.05, 4.69) is 4.74 Å². The average molecular weight is 228 g/mol. The SMILES string of the molecule is CCOC(=O)C(=O)Cc1ccc(F)cc1F. The smallest absolute Gasteiger partial charge is 0.374 e. The van der Waals surface area contributed by atoms with Gasteiger partial charge in [0.15, 0.2) is 0 Å². The highest BCUT2D eigenvalue weighted by molar-refractivity contribution is 6.34. The highest BCUT2D eigenvalue weighted by Gasteiger charge is 2.17. The first-order chi connectivity index (χ1) is 7.54. The molecule has 0 aliphatic heterocycles. The molecule has 86 valence electrons. The molecule has 1 aromatic rings. The Kier molecular flexibility index (Phi) is 4.10. The normalized spacial score (nSPS) is 9.94. The van der Waals surface area contributed by atoms with Gasteiger partial charge in [0.05, 0.1) is 6.61 Å². The van der Waals surface area contributed by atoms with Crippen molar-refractivity contribution in [2.75, 3.05) is 6.61 Å². The Hall–Kier alpha value is -1.78. The summed E-state index contributed by atoms with van der Waals surface area (Å²) in [6.07, 6.45) is -0.426. The number of benzene rings is 1. The van der Waals surface area contributed by atoms with Crippen LogP contribution in [0.1, 0.15) is 12.5 Å². The van der Waals surface area contributed by atoms with Crippen molar-refractivity contribution in [3.05, 3.63) is 35.4 Å². The van der Waals surface area contributed by atoms with Crippen LogP contribution in [0.2, 0.25) is 0 Å². The van der Waals surface area contributed by atoms with Crippen molar-refractivity contribution >= 4 is 11.8 Å². The molecule has 0 atom stereocenters. The van der Waals surface area contributed by atoms with Crippen LogP contribution < -0.4 is 0 Å². The van der Waals surface area contributed by atoms with E-state index in [0.717, 1.165) is 12.1 Å². The number of ketones is 1. The van der Waals surface area contributed by atoms with Gasteiger partial charge in [0, 0.05) is 12.5 Å². The lowest BCUT2D eigenvalue weighted by Crippen LogP contribution is -2.19. The maximum absolute atomic E-state index is 13.1. The van der Waals surface area contributed by atoms with Crippen molar-refractivity contribution in [3.8, 4) is 0 Å². The third-order valence-electron chi connectivity index (χ3n) is 1.87. The van der Waals surface area contributed by atoms with E-state index >= 15 is 0 Å². The van der Waals surface area contributed by atoms with E-state index in [-0.39, 0.29) is 12.2 Å². The summed E-state index contributed by atoms with van der Waals surface area (Å²) in [6, 6.07) is 2.81. The summed E-state index contributed by atoms with van der Waals surface area (Å²) >= 11 is 0. The van der Waals surface area contributed by atoms with Crippen LogP contribution in [0, 0.1) is 11.6 Å². The molecule has 1 rings (SSSR count). The van der Waals surface area contributed by atoms with E-state index in [1.54, 1.807) is 6.92 Å². The molecule has 0 heterocycles. The van der Waals surface area contributed by atoms with Crippen LogP contribution in [0.5, 0.6) is 0 Å². The number of Topliss-reactive ketones (excluding diaryl/α,β-unsaturated/α-hetero) is 1. The van der Waals surface area contributed by atoms with Gasteiger partial charge in [0.2, 0.25) is 5.78 Å². The number of ether oxygens (including phenoxy) is 1. The van der Waals surface area contributed by atoms with Crippen LogP contribution in [-0.4, -0.2) is 18.4 Å². The van der Waals surface area contributed by atoms with Crippen molar-refractivity contribution in [2.24, 2.45) is 0 Å². The quantitative estimate of drug-likeness (QED) is 0.581. The first kappa shape index (κ1) is 12.3. The highest BCUT2D eigenvalue weighted by Crippen LogP contribution is 2.10. The zero-order chi connectivity index (χ0) is 12.1. The second-order valence-electron chi connectivity index (χ2n) is 3.06. The third kappa shape index (κ3) is 3.12. The van der Waals surface area contributed by atoms with Crippen LogP contribution in [0.4, 0.5) is 8.78 Å². The van der Waals surface area contributed by atoms with Gasteiger partial charge < -0.3 is 4.74 Å². The summed E-state index contributed by atoms with van der Waals surface area (Å²) in [6.45, 7) is 1.64. The van der Waals surface area contributed by atoms with E-state index < -0.39 is 29.8 Å². The van der Waals surface area contributed by atoms with Gasteiger partial charge in [-0.1, -0.05) is 6.07 Å². The van der Waals surface area contributed by atoms with Gasteiger partial charge >= 0.3 is 5.97 Å². The van der Waals surface area contributed by atoms with E-state index in [1.165, 1.54) is 0 Å². The summed E-state index contributed by atoms with van der Waals surface area (Å²) < 4.78 is 30.1. The van der Waals surface area contributed by atoms with E-state index in [0.29, 0.717) is 6.07 Å². The molecule has 3 nitrogen and oxygen atoms in total. The summed E-state index contributed by atoms with van der Waals surface area (Å²) in [5.74, 6) is -3.44. The van der Waals surface area contributed by atoms with Crippen molar-refractivity contribution in [2.45, 2.75) is 13.3 Å². The average Bonchev–Trinajstić information content (AvgIpc) is 2.22. The number of carbonyl (C=O) groups is 2. The second kappa shape index (κ2) is 5.34. The molecule has 0 aliphatic carbocycles. The Morgan fingerprint density at radius 2 is 2.00 bits per heavy atom. The highest BCUT2D eigenvalue weighted by atomic mass is 19.1. The lowest BCUT2D eigenvalue weighted by Gasteiger charge is -2.02. The van der Waals surface area contributed by atoms with Gasteiger partial charge in [0.1, 0.15) is 11.6 Å².